The molecule has 0 radical (unpaired) electrons. The molecule has 6 heterocycles. The van der Waals surface area contributed by atoms with Crippen molar-refractivity contribution in [1.29, 1.82) is 0 Å². The predicted octanol–water partition coefficient (Wildman–Crippen LogP) is 4.27. The van der Waals surface area contributed by atoms with Crippen LogP contribution in [-0.4, -0.2) is 71.4 Å². The Morgan fingerprint density at radius 2 is 1.79 bits per heavy atom. The van der Waals surface area contributed by atoms with E-state index < -0.39 is 5.82 Å². The third-order valence-corrected chi connectivity index (χ3v) is 8.47. The summed E-state index contributed by atoms with van der Waals surface area (Å²) in [6.07, 6.45) is 7.91. The number of rotatable bonds is 6. The topological polar surface area (TPSA) is 119 Å². The molecule has 7 rings (SSSR count). The van der Waals surface area contributed by atoms with E-state index in [0.29, 0.717) is 45.3 Å². The van der Waals surface area contributed by atoms with Gasteiger partial charge in [-0.05, 0) is 66.3 Å². The van der Waals surface area contributed by atoms with Crippen LogP contribution in [0.1, 0.15) is 18.4 Å². The molecule has 1 aromatic carbocycles. The molecule has 1 spiro atoms. The molecular formula is C32H30FN9O. The fourth-order valence-corrected chi connectivity index (χ4v) is 6.21. The Kier molecular flexibility index (Phi) is 6.66. The Labute approximate surface area is 247 Å². The summed E-state index contributed by atoms with van der Waals surface area (Å²) < 4.78 is 15.4. The molecule has 0 unspecified atom stereocenters. The van der Waals surface area contributed by atoms with Gasteiger partial charge in [0.25, 0.3) is 0 Å². The van der Waals surface area contributed by atoms with Gasteiger partial charge in [-0.2, -0.15) is 0 Å². The number of carbonyl (C=O) groups is 1. The molecule has 2 fully saturated rings. The average Bonchev–Trinajstić information content (AvgIpc) is 3.40. The number of nitrogens with two attached hydrogens (primary N) is 1. The standard InChI is InChI=1S/C32H30FN9O/c1-2-27(43)41-14-11-32(12-15-41)19-40(20-32)18-21-5-8-23(9-6-21)42-30(24-4-3-13-35-28(24)34)38-26-17-37-29(39-31(26)42)25-10-7-22(33)16-36-25/h2-10,13,16-17H,1,11-12,14-15,18-20H2,(H2,34,35). The number of nitrogen functional groups attached to an aromatic ring is 1. The fraction of sp³-hybridized carbons (Fsp3) is 0.250. The van der Waals surface area contributed by atoms with E-state index in [9.17, 15) is 9.18 Å². The molecular weight excluding hydrogens is 545 g/mol. The Morgan fingerprint density at radius 3 is 2.49 bits per heavy atom. The van der Waals surface area contributed by atoms with Crippen LogP contribution in [0.5, 0.6) is 0 Å². The number of nitrogens with zero attached hydrogens (tertiary/aromatic N) is 8. The summed E-state index contributed by atoms with van der Waals surface area (Å²) in [4.78, 5) is 38.8. The Morgan fingerprint density at radius 1 is 1.00 bits per heavy atom. The highest BCUT2D eigenvalue weighted by atomic mass is 19.1. The van der Waals surface area contributed by atoms with E-state index >= 15 is 0 Å². The molecule has 216 valence electrons. The van der Waals surface area contributed by atoms with E-state index in [2.05, 4.69) is 50.7 Å². The van der Waals surface area contributed by atoms with Crippen LogP contribution in [0.2, 0.25) is 0 Å². The number of aromatic nitrogens is 6. The first kappa shape index (κ1) is 26.8. The van der Waals surface area contributed by atoms with Crippen molar-refractivity contribution in [2.24, 2.45) is 5.41 Å². The number of anilines is 1. The second-order valence-corrected chi connectivity index (χ2v) is 11.3. The first-order valence-corrected chi connectivity index (χ1v) is 14.2. The molecule has 2 aliphatic heterocycles. The molecule has 0 atom stereocenters. The van der Waals surface area contributed by atoms with Gasteiger partial charge in [0.2, 0.25) is 5.91 Å². The second kappa shape index (κ2) is 10.7. The van der Waals surface area contributed by atoms with Gasteiger partial charge in [-0.3, -0.25) is 14.3 Å². The van der Waals surface area contributed by atoms with E-state index in [4.69, 9.17) is 15.7 Å². The van der Waals surface area contributed by atoms with Gasteiger partial charge in [-0.15, -0.1) is 0 Å². The van der Waals surface area contributed by atoms with Crippen molar-refractivity contribution in [3.05, 3.63) is 91.2 Å². The first-order chi connectivity index (χ1) is 20.9. The monoisotopic (exact) mass is 575 g/mol. The van der Waals surface area contributed by atoms with Crippen LogP contribution in [0.25, 0.3) is 39.8 Å². The maximum Gasteiger partial charge on any atom is 0.245 e. The summed E-state index contributed by atoms with van der Waals surface area (Å²) in [5.74, 6) is 0.916. The van der Waals surface area contributed by atoms with Crippen LogP contribution in [-0.2, 0) is 11.3 Å². The van der Waals surface area contributed by atoms with Crippen LogP contribution in [0.3, 0.4) is 0 Å². The maximum atomic E-state index is 13.5. The SMILES string of the molecule is C=CC(=O)N1CCC2(CC1)CN(Cc1ccc(-n3c(-c4cccnc4N)nc4cnc(-c5ccc(F)cn5)nc43)cc1)C2. The number of fused-ring (bicyclic) bond motifs is 1. The zero-order valence-corrected chi connectivity index (χ0v) is 23.5. The zero-order valence-electron chi connectivity index (χ0n) is 23.5. The normalized spacial score (nSPS) is 16.3. The van der Waals surface area contributed by atoms with Crippen LogP contribution in [0.4, 0.5) is 10.2 Å². The van der Waals surface area contributed by atoms with Gasteiger partial charge in [-0.25, -0.2) is 29.3 Å². The lowest BCUT2D eigenvalue weighted by atomic mass is 9.72. The number of imidazole rings is 1. The van der Waals surface area contributed by atoms with Gasteiger partial charge in [0.05, 0.1) is 18.0 Å². The van der Waals surface area contributed by atoms with Crippen molar-refractivity contribution in [2.45, 2.75) is 19.4 Å². The Balaban J connectivity index is 1.16. The number of hydrogen-bond acceptors (Lipinski definition) is 8. The molecule has 0 aliphatic carbocycles. The van der Waals surface area contributed by atoms with Crippen molar-refractivity contribution < 1.29 is 9.18 Å². The van der Waals surface area contributed by atoms with Crippen LogP contribution < -0.4 is 5.73 Å². The molecule has 2 N–H and O–H groups in total. The quantitative estimate of drug-likeness (QED) is 0.298. The number of likely N-dealkylation sites (tertiary alicyclic amines) is 2. The molecule has 5 aromatic rings. The number of benzene rings is 1. The lowest BCUT2D eigenvalue weighted by Crippen LogP contribution is -2.60. The Hall–Kier alpha value is -5.03. The zero-order chi connectivity index (χ0) is 29.6. The van der Waals surface area contributed by atoms with Crippen molar-refractivity contribution >= 4 is 22.9 Å². The molecule has 11 heteroatoms. The molecule has 1 amide bonds. The van der Waals surface area contributed by atoms with Gasteiger partial charge in [0.1, 0.15) is 22.8 Å². The van der Waals surface area contributed by atoms with Gasteiger partial charge in [-0.1, -0.05) is 18.7 Å². The molecule has 10 nitrogen and oxygen atoms in total. The highest BCUT2D eigenvalue weighted by Gasteiger charge is 2.44. The summed E-state index contributed by atoms with van der Waals surface area (Å²) in [5.41, 5.74) is 10.9. The molecule has 43 heavy (non-hydrogen) atoms. The molecule has 0 bridgehead atoms. The van der Waals surface area contributed by atoms with E-state index in [1.54, 1.807) is 18.5 Å². The Bertz CT molecular complexity index is 1820. The molecule has 2 saturated heterocycles. The van der Waals surface area contributed by atoms with E-state index in [1.165, 1.54) is 17.7 Å². The number of piperidine rings is 1. The highest BCUT2D eigenvalue weighted by Crippen LogP contribution is 2.41. The largest absolute Gasteiger partial charge is 0.383 e. The number of carbonyl (C=O) groups excluding carboxylic acids is 1. The predicted molar refractivity (Wildman–Crippen MR) is 161 cm³/mol. The molecule has 0 saturated carbocycles. The van der Waals surface area contributed by atoms with Crippen LogP contribution in [0, 0.1) is 11.2 Å². The number of pyridine rings is 2. The van der Waals surface area contributed by atoms with E-state index in [-0.39, 0.29) is 5.91 Å². The minimum Gasteiger partial charge on any atom is -0.383 e. The molecule has 2 aliphatic rings. The number of amides is 1. The van der Waals surface area contributed by atoms with Crippen LogP contribution >= 0.6 is 0 Å². The second-order valence-electron chi connectivity index (χ2n) is 11.3. The fourth-order valence-electron chi connectivity index (χ4n) is 6.21. The van der Waals surface area contributed by atoms with Gasteiger partial charge in [0, 0.05) is 44.6 Å². The summed E-state index contributed by atoms with van der Waals surface area (Å²) in [5, 5.41) is 0. The van der Waals surface area contributed by atoms with Crippen molar-refractivity contribution in [3.8, 4) is 28.6 Å². The van der Waals surface area contributed by atoms with Gasteiger partial charge in [0.15, 0.2) is 17.3 Å². The van der Waals surface area contributed by atoms with Gasteiger partial charge >= 0.3 is 0 Å². The summed E-state index contributed by atoms with van der Waals surface area (Å²) in [6, 6.07) is 14.9. The van der Waals surface area contributed by atoms with Crippen molar-refractivity contribution in [2.75, 3.05) is 31.9 Å². The number of halogens is 1. The number of hydrogen-bond donors (Lipinski definition) is 1. The minimum atomic E-state index is -0.428. The van der Waals surface area contributed by atoms with Crippen molar-refractivity contribution in [3.63, 3.8) is 0 Å². The summed E-state index contributed by atoms with van der Waals surface area (Å²) >= 11 is 0. The average molecular weight is 576 g/mol. The summed E-state index contributed by atoms with van der Waals surface area (Å²) in [7, 11) is 0. The third-order valence-electron chi connectivity index (χ3n) is 8.47. The third kappa shape index (κ3) is 5.01. The minimum absolute atomic E-state index is 0.0287. The smallest absolute Gasteiger partial charge is 0.245 e. The van der Waals surface area contributed by atoms with Crippen LogP contribution in [0.15, 0.2) is 79.8 Å². The lowest BCUT2D eigenvalue weighted by molar-refractivity contribution is -0.131. The van der Waals surface area contributed by atoms with E-state index in [1.807, 2.05) is 21.6 Å². The van der Waals surface area contributed by atoms with Crippen molar-refractivity contribution in [1.82, 2.24) is 39.3 Å². The first-order valence-electron chi connectivity index (χ1n) is 14.2. The maximum absolute atomic E-state index is 13.5. The molecule has 4 aromatic heterocycles. The summed E-state index contributed by atoms with van der Waals surface area (Å²) in [6.45, 7) is 8.16. The highest BCUT2D eigenvalue weighted by molar-refractivity contribution is 5.87. The van der Waals surface area contributed by atoms with Gasteiger partial charge < -0.3 is 10.6 Å². The lowest BCUT2D eigenvalue weighted by Gasteiger charge is -2.54. The van der Waals surface area contributed by atoms with E-state index in [0.717, 1.165) is 57.4 Å².